The summed E-state index contributed by atoms with van der Waals surface area (Å²) in [5, 5.41) is 9.01. The molecule has 1 atom stereocenters. The van der Waals surface area contributed by atoms with Crippen molar-refractivity contribution in [2.75, 3.05) is 7.05 Å². The van der Waals surface area contributed by atoms with Crippen LogP contribution >= 0.6 is 0 Å². The summed E-state index contributed by atoms with van der Waals surface area (Å²) in [5.41, 5.74) is 5.55. The monoisotopic (exact) mass is 283 g/mol. The van der Waals surface area contributed by atoms with Crippen LogP contribution in [0.4, 0.5) is 0 Å². The Morgan fingerprint density at radius 3 is 2.57 bits per heavy atom. The molecule has 4 nitrogen and oxygen atoms in total. The molecule has 110 valence electrons. The molecule has 0 aliphatic rings. The Morgan fingerprint density at radius 1 is 1.19 bits per heavy atom. The molecule has 0 saturated heterocycles. The first-order valence-electron chi connectivity index (χ1n) is 7.18. The smallest absolute Gasteiger partial charge is 0.134 e. The van der Waals surface area contributed by atoms with Crippen molar-refractivity contribution in [1.82, 2.24) is 15.1 Å². The number of benzene rings is 1. The fourth-order valence-electron chi connectivity index (χ4n) is 2.96. The maximum atomic E-state index is 6.05. The first-order chi connectivity index (χ1) is 10.0. The van der Waals surface area contributed by atoms with Gasteiger partial charge in [0.25, 0.3) is 0 Å². The molecule has 0 radical (unpaired) electrons. The lowest BCUT2D eigenvalue weighted by Crippen LogP contribution is -2.18. The van der Waals surface area contributed by atoms with Gasteiger partial charge in [0.05, 0.1) is 11.7 Å². The Morgan fingerprint density at radius 2 is 1.95 bits per heavy atom. The van der Waals surface area contributed by atoms with E-state index in [2.05, 4.69) is 42.5 Å². The zero-order chi connectivity index (χ0) is 15.1. The number of aryl methyl sites for hydroxylation is 3. The average Bonchev–Trinajstić information content (AvgIpc) is 2.95. The normalized spacial score (nSPS) is 13.0. The largest absolute Gasteiger partial charge is 0.459 e. The number of fused-ring (bicyclic) bond motifs is 1. The minimum atomic E-state index is 0.0198. The predicted octanol–water partition coefficient (Wildman–Crippen LogP) is 3.40. The number of nitrogens with zero attached hydrogens (tertiary/aromatic N) is 2. The predicted molar refractivity (Wildman–Crippen MR) is 84.5 cm³/mol. The molecule has 2 aromatic heterocycles. The van der Waals surface area contributed by atoms with Crippen LogP contribution in [-0.4, -0.2) is 16.8 Å². The lowest BCUT2D eigenvalue weighted by molar-refractivity contribution is 0.489. The van der Waals surface area contributed by atoms with E-state index in [1.54, 1.807) is 0 Å². The first-order valence-corrected chi connectivity index (χ1v) is 7.18. The molecular weight excluding hydrogens is 262 g/mol. The third-order valence-electron chi connectivity index (χ3n) is 4.12. The van der Waals surface area contributed by atoms with E-state index >= 15 is 0 Å². The van der Waals surface area contributed by atoms with E-state index in [-0.39, 0.29) is 6.04 Å². The van der Waals surface area contributed by atoms with Crippen molar-refractivity contribution in [1.29, 1.82) is 0 Å². The van der Waals surface area contributed by atoms with Crippen molar-refractivity contribution in [2.24, 2.45) is 7.05 Å². The molecule has 2 heterocycles. The van der Waals surface area contributed by atoms with Crippen LogP contribution in [0.3, 0.4) is 0 Å². The second-order valence-corrected chi connectivity index (χ2v) is 5.62. The van der Waals surface area contributed by atoms with Crippen LogP contribution in [-0.2, 0) is 7.05 Å². The number of nitrogens with one attached hydrogen (secondary N) is 1. The molecule has 0 aliphatic heterocycles. The highest BCUT2D eigenvalue weighted by Gasteiger charge is 2.23. The molecule has 0 bridgehead atoms. The molecule has 3 rings (SSSR count). The molecule has 0 saturated carbocycles. The van der Waals surface area contributed by atoms with E-state index in [4.69, 9.17) is 4.42 Å². The van der Waals surface area contributed by atoms with E-state index < -0.39 is 0 Å². The van der Waals surface area contributed by atoms with Gasteiger partial charge in [-0.3, -0.25) is 4.68 Å². The topological polar surface area (TPSA) is 43.0 Å². The SMILES string of the molecule is CNC(c1cc2cc(C)ccc2o1)c1c(C)nn(C)c1C. The second-order valence-electron chi connectivity index (χ2n) is 5.62. The van der Waals surface area contributed by atoms with Crippen molar-refractivity contribution >= 4 is 11.0 Å². The van der Waals surface area contributed by atoms with Crippen molar-refractivity contribution in [3.8, 4) is 0 Å². The summed E-state index contributed by atoms with van der Waals surface area (Å²) in [7, 11) is 3.93. The molecule has 0 spiro atoms. The van der Waals surface area contributed by atoms with Crippen molar-refractivity contribution in [3.63, 3.8) is 0 Å². The van der Waals surface area contributed by atoms with Gasteiger partial charge in [-0.25, -0.2) is 0 Å². The van der Waals surface area contributed by atoms with Crippen LogP contribution in [0.15, 0.2) is 28.7 Å². The third-order valence-corrected chi connectivity index (χ3v) is 4.12. The zero-order valence-electron chi connectivity index (χ0n) is 13.2. The summed E-state index contributed by atoms with van der Waals surface area (Å²) in [5.74, 6) is 0.928. The third kappa shape index (κ3) is 2.25. The Balaban J connectivity index is 2.13. The Labute approximate surface area is 124 Å². The fourth-order valence-corrected chi connectivity index (χ4v) is 2.96. The molecule has 0 amide bonds. The molecular formula is C17H21N3O. The van der Waals surface area contributed by atoms with Gasteiger partial charge in [-0.1, -0.05) is 11.6 Å². The van der Waals surface area contributed by atoms with Crippen LogP contribution in [0.25, 0.3) is 11.0 Å². The van der Waals surface area contributed by atoms with Gasteiger partial charge < -0.3 is 9.73 Å². The molecule has 4 heteroatoms. The number of hydrogen-bond donors (Lipinski definition) is 1. The van der Waals surface area contributed by atoms with Gasteiger partial charge in [-0.15, -0.1) is 0 Å². The number of rotatable bonds is 3. The van der Waals surface area contributed by atoms with Crippen LogP contribution in [0.1, 0.15) is 34.3 Å². The highest BCUT2D eigenvalue weighted by molar-refractivity contribution is 5.79. The molecule has 1 N–H and O–H groups in total. The summed E-state index contributed by atoms with van der Waals surface area (Å²) in [6, 6.07) is 8.40. The van der Waals surface area contributed by atoms with Gasteiger partial charge >= 0.3 is 0 Å². The summed E-state index contributed by atoms with van der Waals surface area (Å²) in [6.45, 7) is 6.23. The lowest BCUT2D eigenvalue weighted by Gasteiger charge is -2.14. The Bertz CT molecular complexity index is 798. The van der Waals surface area contributed by atoms with Crippen LogP contribution < -0.4 is 5.32 Å². The molecule has 0 fully saturated rings. The summed E-state index contributed by atoms with van der Waals surface area (Å²) in [4.78, 5) is 0. The lowest BCUT2D eigenvalue weighted by atomic mass is 10.0. The standard InChI is InChI=1S/C17H21N3O/c1-10-6-7-14-13(8-10)9-15(21-14)17(18-4)16-11(2)19-20(5)12(16)3/h6-9,17-18H,1-5H3. The van der Waals surface area contributed by atoms with Gasteiger partial charge in [0, 0.05) is 23.7 Å². The van der Waals surface area contributed by atoms with E-state index in [1.165, 1.54) is 11.1 Å². The van der Waals surface area contributed by atoms with Gasteiger partial charge in [0.15, 0.2) is 0 Å². The summed E-state index contributed by atoms with van der Waals surface area (Å²) in [6.07, 6.45) is 0. The maximum absolute atomic E-state index is 6.05. The molecule has 1 unspecified atom stereocenters. The Hall–Kier alpha value is -2.07. The van der Waals surface area contributed by atoms with Gasteiger partial charge in [-0.2, -0.15) is 5.10 Å². The first kappa shape index (κ1) is 13.9. The molecule has 0 aliphatic carbocycles. The summed E-state index contributed by atoms with van der Waals surface area (Å²) >= 11 is 0. The minimum absolute atomic E-state index is 0.0198. The fraction of sp³-hybridized carbons (Fsp3) is 0.353. The van der Waals surface area contributed by atoms with E-state index in [9.17, 15) is 0 Å². The summed E-state index contributed by atoms with van der Waals surface area (Å²) < 4.78 is 7.97. The maximum Gasteiger partial charge on any atom is 0.134 e. The number of furan rings is 1. The van der Waals surface area contributed by atoms with Crippen molar-refractivity contribution in [2.45, 2.75) is 26.8 Å². The number of aromatic nitrogens is 2. The zero-order valence-corrected chi connectivity index (χ0v) is 13.2. The van der Waals surface area contributed by atoms with Crippen molar-refractivity contribution in [3.05, 3.63) is 52.5 Å². The number of hydrogen-bond acceptors (Lipinski definition) is 3. The molecule has 3 aromatic rings. The molecule has 1 aromatic carbocycles. The van der Waals surface area contributed by atoms with Crippen LogP contribution in [0.5, 0.6) is 0 Å². The van der Waals surface area contributed by atoms with Crippen LogP contribution in [0.2, 0.25) is 0 Å². The van der Waals surface area contributed by atoms with Crippen LogP contribution in [0, 0.1) is 20.8 Å². The Kier molecular flexibility index (Phi) is 3.33. The second kappa shape index (κ2) is 5.04. The van der Waals surface area contributed by atoms with E-state index in [1.807, 2.05) is 31.8 Å². The highest BCUT2D eigenvalue weighted by atomic mass is 16.3. The van der Waals surface area contributed by atoms with Crippen molar-refractivity contribution < 1.29 is 4.42 Å². The van der Waals surface area contributed by atoms with Gasteiger partial charge in [-0.05, 0) is 46.0 Å². The van der Waals surface area contributed by atoms with E-state index in [0.29, 0.717) is 0 Å². The van der Waals surface area contributed by atoms with E-state index in [0.717, 1.165) is 28.1 Å². The minimum Gasteiger partial charge on any atom is -0.459 e. The van der Waals surface area contributed by atoms with Gasteiger partial charge in [0.2, 0.25) is 0 Å². The highest BCUT2D eigenvalue weighted by Crippen LogP contribution is 2.31. The quantitative estimate of drug-likeness (QED) is 0.801. The average molecular weight is 283 g/mol. The van der Waals surface area contributed by atoms with Gasteiger partial charge in [0.1, 0.15) is 11.3 Å². The molecule has 21 heavy (non-hydrogen) atoms.